The second-order valence-corrected chi connectivity index (χ2v) is 9.42. The molecule has 32 heavy (non-hydrogen) atoms. The monoisotopic (exact) mass is 455 g/mol. The van der Waals surface area contributed by atoms with Crippen molar-refractivity contribution < 1.29 is 22.7 Å². The highest BCUT2D eigenvalue weighted by atomic mass is 32.2. The Morgan fingerprint density at radius 3 is 2.66 bits per heavy atom. The Morgan fingerprint density at radius 2 is 1.91 bits per heavy atom. The molecule has 1 unspecified atom stereocenters. The number of hydrogen-bond donors (Lipinski definition) is 1. The summed E-state index contributed by atoms with van der Waals surface area (Å²) >= 11 is 0. The number of ether oxygens (including phenoxy) is 1. The summed E-state index contributed by atoms with van der Waals surface area (Å²) in [6.07, 6.45) is 3.45. The maximum Gasteiger partial charge on any atom is 0.307 e. The Kier molecular flexibility index (Phi) is 6.27. The van der Waals surface area contributed by atoms with Crippen molar-refractivity contribution in [3.63, 3.8) is 0 Å². The predicted molar refractivity (Wildman–Crippen MR) is 120 cm³/mol. The van der Waals surface area contributed by atoms with Gasteiger partial charge in [-0.2, -0.15) is 8.42 Å². The molecule has 168 valence electrons. The quantitative estimate of drug-likeness (QED) is 0.694. The first kappa shape index (κ1) is 22.0. The molecule has 0 radical (unpaired) electrons. The molecule has 2 aromatic rings. The molecule has 0 bridgehead atoms. The van der Waals surface area contributed by atoms with Gasteiger partial charge in [-0.1, -0.05) is 36.8 Å². The highest BCUT2D eigenvalue weighted by Crippen LogP contribution is 2.35. The third-order valence-corrected chi connectivity index (χ3v) is 7.05. The Morgan fingerprint density at radius 1 is 1.12 bits per heavy atom. The average molecular weight is 456 g/mol. The van der Waals surface area contributed by atoms with Crippen molar-refractivity contribution in [1.82, 2.24) is 5.32 Å². The standard InChI is InChI=1S/C23H25N3O5S/c1-31-22(27)15-18(16-8-4-2-5-9-16)24-23(28)17-11-12-19-20(14-17)32(29,30)25-21-10-6-3-7-13-26(19)21/h2,4-5,8-9,11-12,14,18H,3,6-7,10,13,15H2,1H3,(H,24,28). The van der Waals surface area contributed by atoms with Gasteiger partial charge < -0.3 is 15.0 Å². The minimum Gasteiger partial charge on any atom is -0.469 e. The van der Waals surface area contributed by atoms with E-state index in [2.05, 4.69) is 9.71 Å². The van der Waals surface area contributed by atoms with Gasteiger partial charge in [0.2, 0.25) is 0 Å². The zero-order valence-corrected chi connectivity index (χ0v) is 18.6. The number of amidine groups is 1. The van der Waals surface area contributed by atoms with Crippen molar-refractivity contribution in [3.05, 3.63) is 59.7 Å². The molecule has 1 fully saturated rings. The van der Waals surface area contributed by atoms with E-state index in [0.717, 1.165) is 24.8 Å². The topological polar surface area (TPSA) is 105 Å². The smallest absolute Gasteiger partial charge is 0.307 e. The van der Waals surface area contributed by atoms with Gasteiger partial charge in [0.1, 0.15) is 10.7 Å². The van der Waals surface area contributed by atoms with Crippen molar-refractivity contribution >= 4 is 33.4 Å². The van der Waals surface area contributed by atoms with Crippen LogP contribution in [0.5, 0.6) is 0 Å². The van der Waals surface area contributed by atoms with Gasteiger partial charge in [-0.15, -0.1) is 4.40 Å². The molecular weight excluding hydrogens is 430 g/mol. The van der Waals surface area contributed by atoms with Crippen LogP contribution in [0.1, 0.15) is 54.1 Å². The fraction of sp³-hybridized carbons (Fsp3) is 0.348. The summed E-state index contributed by atoms with van der Waals surface area (Å²) < 4.78 is 34.5. The van der Waals surface area contributed by atoms with Crippen LogP contribution in [-0.2, 0) is 19.6 Å². The molecule has 8 nitrogen and oxygen atoms in total. The van der Waals surface area contributed by atoms with Gasteiger partial charge in [0, 0.05) is 18.5 Å². The number of anilines is 1. The first-order chi connectivity index (χ1) is 15.4. The average Bonchev–Trinajstić information content (AvgIpc) is 3.03. The van der Waals surface area contributed by atoms with E-state index in [1.165, 1.54) is 13.2 Å². The normalized spacial score (nSPS) is 17.8. The number of nitrogens with zero attached hydrogens (tertiary/aromatic N) is 2. The molecule has 0 aliphatic carbocycles. The molecule has 2 heterocycles. The van der Waals surface area contributed by atoms with Gasteiger partial charge in [0.15, 0.2) is 0 Å². The number of sulfonamides is 1. The van der Waals surface area contributed by atoms with E-state index in [1.807, 2.05) is 23.1 Å². The van der Waals surface area contributed by atoms with Gasteiger partial charge in [-0.25, -0.2) is 0 Å². The van der Waals surface area contributed by atoms with Crippen molar-refractivity contribution in [1.29, 1.82) is 0 Å². The molecule has 1 atom stereocenters. The van der Waals surface area contributed by atoms with Crippen molar-refractivity contribution in [3.8, 4) is 0 Å². The zero-order valence-electron chi connectivity index (χ0n) is 17.8. The number of fused-ring (bicyclic) bond motifs is 3. The fourth-order valence-electron chi connectivity index (χ4n) is 4.05. The first-order valence-electron chi connectivity index (χ1n) is 10.6. The number of methoxy groups -OCH3 is 1. The SMILES string of the molecule is COC(=O)CC(NC(=O)c1ccc2c(c1)S(=O)(=O)N=C1CCCCCN12)c1ccccc1. The van der Waals surface area contributed by atoms with Crippen LogP contribution in [0, 0.1) is 0 Å². The van der Waals surface area contributed by atoms with Gasteiger partial charge in [-0.3, -0.25) is 9.59 Å². The zero-order chi connectivity index (χ0) is 22.7. The van der Waals surface area contributed by atoms with Crippen LogP contribution in [0.4, 0.5) is 5.69 Å². The van der Waals surface area contributed by atoms with E-state index in [9.17, 15) is 18.0 Å². The minimum atomic E-state index is -3.90. The van der Waals surface area contributed by atoms with Crippen molar-refractivity contribution in [2.45, 2.75) is 43.0 Å². The number of hydrogen-bond acceptors (Lipinski definition) is 6. The Bertz CT molecular complexity index is 1160. The van der Waals surface area contributed by atoms with Gasteiger partial charge in [0.05, 0.1) is 25.3 Å². The molecule has 0 saturated carbocycles. The van der Waals surface area contributed by atoms with Gasteiger partial charge >= 0.3 is 5.97 Å². The van der Waals surface area contributed by atoms with Crippen LogP contribution in [-0.4, -0.2) is 39.8 Å². The summed E-state index contributed by atoms with van der Waals surface area (Å²) in [5.74, 6) is -0.379. The van der Waals surface area contributed by atoms with Crippen LogP contribution >= 0.6 is 0 Å². The van der Waals surface area contributed by atoms with Crippen LogP contribution < -0.4 is 10.2 Å². The predicted octanol–water partition coefficient (Wildman–Crippen LogP) is 3.20. The van der Waals surface area contributed by atoms with Gasteiger partial charge in [-0.05, 0) is 36.6 Å². The summed E-state index contributed by atoms with van der Waals surface area (Å²) in [5.41, 5.74) is 1.49. The van der Waals surface area contributed by atoms with E-state index < -0.39 is 27.9 Å². The lowest BCUT2D eigenvalue weighted by Gasteiger charge is -2.29. The van der Waals surface area contributed by atoms with Gasteiger partial charge in [0.25, 0.3) is 15.9 Å². The molecule has 1 N–H and O–H groups in total. The third kappa shape index (κ3) is 4.52. The number of rotatable bonds is 5. The van der Waals surface area contributed by atoms with E-state index in [0.29, 0.717) is 24.5 Å². The summed E-state index contributed by atoms with van der Waals surface area (Å²) in [4.78, 5) is 26.9. The fourth-order valence-corrected chi connectivity index (χ4v) is 5.33. The lowest BCUT2D eigenvalue weighted by atomic mass is 10.0. The molecule has 9 heteroatoms. The number of carbonyl (C=O) groups excluding carboxylic acids is 2. The molecule has 2 aliphatic heterocycles. The van der Waals surface area contributed by atoms with Crippen LogP contribution in [0.3, 0.4) is 0 Å². The molecule has 1 saturated heterocycles. The molecule has 1 amide bonds. The second-order valence-electron chi connectivity index (χ2n) is 7.84. The third-order valence-electron chi connectivity index (χ3n) is 5.72. The Balaban J connectivity index is 1.64. The van der Waals surface area contributed by atoms with Crippen LogP contribution in [0.2, 0.25) is 0 Å². The molecular formula is C23H25N3O5S. The van der Waals surface area contributed by atoms with Crippen molar-refractivity contribution in [2.24, 2.45) is 4.40 Å². The number of benzene rings is 2. The number of esters is 1. The largest absolute Gasteiger partial charge is 0.469 e. The summed E-state index contributed by atoms with van der Waals surface area (Å²) in [7, 11) is -2.61. The number of carbonyl (C=O) groups is 2. The highest BCUT2D eigenvalue weighted by Gasteiger charge is 2.32. The summed E-state index contributed by atoms with van der Waals surface area (Å²) in [6, 6.07) is 13.1. The molecule has 0 spiro atoms. The highest BCUT2D eigenvalue weighted by molar-refractivity contribution is 7.90. The minimum absolute atomic E-state index is 0.0278. The Labute approximate surface area is 187 Å². The van der Waals surface area contributed by atoms with E-state index in [4.69, 9.17) is 4.74 Å². The van der Waals surface area contributed by atoms with E-state index >= 15 is 0 Å². The molecule has 2 aliphatic rings. The van der Waals surface area contributed by atoms with E-state index in [1.54, 1.807) is 24.3 Å². The maximum atomic E-state index is 13.0. The van der Waals surface area contributed by atoms with Crippen LogP contribution in [0.15, 0.2) is 57.8 Å². The summed E-state index contributed by atoms with van der Waals surface area (Å²) in [6.45, 7) is 0.697. The molecule has 0 aromatic heterocycles. The molecule has 2 aromatic carbocycles. The maximum absolute atomic E-state index is 13.0. The number of amides is 1. The molecule has 4 rings (SSSR count). The second kappa shape index (κ2) is 9.12. The van der Waals surface area contributed by atoms with Crippen molar-refractivity contribution in [2.75, 3.05) is 18.6 Å². The summed E-state index contributed by atoms with van der Waals surface area (Å²) in [5, 5.41) is 2.83. The Hall–Kier alpha value is -3.20. The lowest BCUT2D eigenvalue weighted by molar-refractivity contribution is -0.141. The number of nitrogens with one attached hydrogen (secondary N) is 1. The first-order valence-corrected chi connectivity index (χ1v) is 12.0. The van der Waals surface area contributed by atoms with Crippen LogP contribution in [0.25, 0.3) is 0 Å². The lowest BCUT2D eigenvalue weighted by Crippen LogP contribution is -2.35. The van der Waals surface area contributed by atoms with E-state index in [-0.39, 0.29) is 16.9 Å².